The first-order chi connectivity index (χ1) is 8.19. The Morgan fingerprint density at radius 2 is 2.06 bits per heavy atom. The van der Waals surface area contributed by atoms with Crippen LogP contribution in [0.2, 0.25) is 0 Å². The molecule has 1 aliphatic rings. The van der Waals surface area contributed by atoms with E-state index in [0.29, 0.717) is 0 Å². The van der Waals surface area contributed by atoms with Gasteiger partial charge in [-0.1, -0.05) is 0 Å². The van der Waals surface area contributed by atoms with E-state index in [1.165, 1.54) is 4.90 Å². The van der Waals surface area contributed by atoms with Crippen LogP contribution < -0.4 is 0 Å². The van der Waals surface area contributed by atoms with Crippen molar-refractivity contribution in [2.45, 2.75) is 45.4 Å². The van der Waals surface area contributed by atoms with Gasteiger partial charge in [0, 0.05) is 19.0 Å². The molecule has 0 aromatic carbocycles. The lowest BCUT2D eigenvalue weighted by molar-refractivity contribution is -0.139. The SMILES string of the molecule is CC(C)(C)OC(=O)N1CC[C@@H](F)[C@@H](CC(=O)O)C1. The van der Waals surface area contributed by atoms with Crippen LogP contribution in [0, 0.1) is 5.92 Å². The zero-order valence-electron chi connectivity index (χ0n) is 11.0. The second-order valence-corrected chi connectivity index (χ2v) is 5.59. The van der Waals surface area contributed by atoms with Gasteiger partial charge >= 0.3 is 12.1 Å². The summed E-state index contributed by atoms with van der Waals surface area (Å²) in [5, 5.41) is 8.69. The van der Waals surface area contributed by atoms with E-state index in [2.05, 4.69) is 0 Å². The fourth-order valence-electron chi connectivity index (χ4n) is 1.91. The third-order valence-electron chi connectivity index (χ3n) is 2.73. The van der Waals surface area contributed by atoms with Crippen molar-refractivity contribution in [3.05, 3.63) is 0 Å². The summed E-state index contributed by atoms with van der Waals surface area (Å²) in [4.78, 5) is 23.8. The van der Waals surface area contributed by atoms with E-state index >= 15 is 0 Å². The van der Waals surface area contributed by atoms with Gasteiger partial charge in [0.05, 0.1) is 6.42 Å². The molecule has 1 aliphatic heterocycles. The molecule has 1 amide bonds. The molecule has 1 saturated heterocycles. The summed E-state index contributed by atoms with van der Waals surface area (Å²) in [7, 11) is 0. The molecule has 0 radical (unpaired) electrons. The quantitative estimate of drug-likeness (QED) is 0.826. The topological polar surface area (TPSA) is 66.8 Å². The number of nitrogens with zero attached hydrogens (tertiary/aromatic N) is 1. The average molecular weight is 261 g/mol. The number of halogens is 1. The van der Waals surface area contributed by atoms with Gasteiger partial charge in [-0.15, -0.1) is 0 Å². The molecule has 0 aliphatic carbocycles. The Hall–Kier alpha value is -1.33. The van der Waals surface area contributed by atoms with Gasteiger partial charge in [0.1, 0.15) is 11.8 Å². The Morgan fingerprint density at radius 1 is 1.44 bits per heavy atom. The molecule has 6 heteroatoms. The molecule has 1 heterocycles. The Balaban J connectivity index is 2.58. The molecular weight excluding hydrogens is 241 g/mol. The first-order valence-corrected chi connectivity index (χ1v) is 6.03. The Bertz CT molecular complexity index is 327. The summed E-state index contributed by atoms with van der Waals surface area (Å²) in [6.45, 7) is 5.62. The number of hydrogen-bond donors (Lipinski definition) is 1. The predicted molar refractivity (Wildman–Crippen MR) is 63.1 cm³/mol. The first-order valence-electron chi connectivity index (χ1n) is 6.03. The average Bonchev–Trinajstić information content (AvgIpc) is 2.17. The van der Waals surface area contributed by atoms with E-state index in [-0.39, 0.29) is 25.9 Å². The van der Waals surface area contributed by atoms with E-state index in [9.17, 15) is 14.0 Å². The van der Waals surface area contributed by atoms with Crippen molar-refractivity contribution in [3.63, 3.8) is 0 Å². The van der Waals surface area contributed by atoms with Crippen LogP contribution in [0.4, 0.5) is 9.18 Å². The van der Waals surface area contributed by atoms with Crippen molar-refractivity contribution in [2.24, 2.45) is 5.92 Å². The number of amides is 1. The first kappa shape index (κ1) is 14.7. The zero-order chi connectivity index (χ0) is 13.9. The fraction of sp³-hybridized carbons (Fsp3) is 0.833. The maximum absolute atomic E-state index is 13.5. The zero-order valence-corrected chi connectivity index (χ0v) is 11.0. The van der Waals surface area contributed by atoms with Crippen LogP contribution in [-0.2, 0) is 9.53 Å². The van der Waals surface area contributed by atoms with Crippen LogP contribution >= 0.6 is 0 Å². The number of carbonyl (C=O) groups excluding carboxylic acids is 1. The van der Waals surface area contributed by atoms with Crippen LogP contribution in [0.25, 0.3) is 0 Å². The summed E-state index contributed by atoms with van der Waals surface area (Å²) in [6, 6.07) is 0. The van der Waals surface area contributed by atoms with Crippen LogP contribution in [0.5, 0.6) is 0 Å². The molecular formula is C12H20FNO4. The highest BCUT2D eigenvalue weighted by atomic mass is 19.1. The smallest absolute Gasteiger partial charge is 0.410 e. The van der Waals surface area contributed by atoms with Crippen molar-refractivity contribution in [1.82, 2.24) is 4.90 Å². The Morgan fingerprint density at radius 3 is 2.56 bits per heavy atom. The fourth-order valence-corrected chi connectivity index (χ4v) is 1.91. The number of carbonyl (C=O) groups is 2. The van der Waals surface area contributed by atoms with Gasteiger partial charge in [-0.2, -0.15) is 0 Å². The molecule has 5 nitrogen and oxygen atoms in total. The number of likely N-dealkylation sites (tertiary alicyclic amines) is 1. The normalized spacial score (nSPS) is 24.8. The highest BCUT2D eigenvalue weighted by Gasteiger charge is 2.34. The van der Waals surface area contributed by atoms with Gasteiger partial charge < -0.3 is 14.7 Å². The van der Waals surface area contributed by atoms with Gasteiger partial charge in [0.2, 0.25) is 0 Å². The molecule has 2 atom stereocenters. The molecule has 0 bridgehead atoms. The van der Waals surface area contributed by atoms with Gasteiger partial charge in [0.15, 0.2) is 0 Å². The Labute approximate surface area is 106 Å². The number of alkyl halides is 1. The van der Waals surface area contributed by atoms with E-state index in [0.717, 1.165) is 0 Å². The van der Waals surface area contributed by atoms with Crippen molar-refractivity contribution in [1.29, 1.82) is 0 Å². The Kier molecular flexibility index (Phi) is 4.53. The molecule has 0 unspecified atom stereocenters. The minimum absolute atomic E-state index is 0.0996. The van der Waals surface area contributed by atoms with Crippen molar-refractivity contribution < 1.29 is 23.8 Å². The monoisotopic (exact) mass is 261 g/mol. The van der Waals surface area contributed by atoms with E-state index < -0.39 is 29.8 Å². The summed E-state index contributed by atoms with van der Waals surface area (Å²) in [6.07, 6.45) is -1.78. The molecule has 0 saturated carbocycles. The summed E-state index contributed by atoms with van der Waals surface area (Å²) < 4.78 is 18.7. The number of hydrogen-bond acceptors (Lipinski definition) is 3. The predicted octanol–water partition coefficient (Wildman–Crippen LogP) is 2.06. The highest BCUT2D eigenvalue weighted by Crippen LogP contribution is 2.24. The standard InChI is InChI=1S/C12H20FNO4/c1-12(2,3)18-11(17)14-5-4-9(13)8(7-14)6-10(15)16/h8-9H,4-7H2,1-3H3,(H,15,16)/t8-,9+/m0/s1. The van der Waals surface area contributed by atoms with Crippen LogP contribution in [0.15, 0.2) is 0 Å². The highest BCUT2D eigenvalue weighted by molar-refractivity contribution is 5.69. The molecule has 18 heavy (non-hydrogen) atoms. The van der Waals surface area contributed by atoms with Crippen LogP contribution in [-0.4, -0.2) is 46.9 Å². The number of carboxylic acids is 1. The summed E-state index contributed by atoms with van der Waals surface area (Å²) in [5.74, 6) is -1.70. The van der Waals surface area contributed by atoms with Gasteiger partial charge in [-0.05, 0) is 27.2 Å². The second kappa shape index (κ2) is 5.54. The molecule has 0 aromatic rings. The maximum Gasteiger partial charge on any atom is 0.410 e. The molecule has 0 spiro atoms. The van der Waals surface area contributed by atoms with Gasteiger partial charge in [-0.3, -0.25) is 4.79 Å². The lowest BCUT2D eigenvalue weighted by Crippen LogP contribution is -2.47. The van der Waals surface area contributed by atoms with E-state index in [1.807, 2.05) is 0 Å². The van der Waals surface area contributed by atoms with Crippen molar-refractivity contribution >= 4 is 12.1 Å². The molecule has 1 rings (SSSR count). The summed E-state index contributed by atoms with van der Waals surface area (Å²) in [5.41, 5.74) is -0.605. The number of piperidine rings is 1. The largest absolute Gasteiger partial charge is 0.481 e. The van der Waals surface area contributed by atoms with Crippen molar-refractivity contribution in [2.75, 3.05) is 13.1 Å². The van der Waals surface area contributed by atoms with Gasteiger partial charge in [-0.25, -0.2) is 9.18 Å². The lowest BCUT2D eigenvalue weighted by Gasteiger charge is -2.35. The maximum atomic E-state index is 13.5. The van der Waals surface area contributed by atoms with Crippen molar-refractivity contribution in [3.8, 4) is 0 Å². The van der Waals surface area contributed by atoms with Crippen LogP contribution in [0.1, 0.15) is 33.6 Å². The number of carboxylic acid groups (broad SMARTS) is 1. The van der Waals surface area contributed by atoms with Crippen LogP contribution in [0.3, 0.4) is 0 Å². The van der Waals surface area contributed by atoms with E-state index in [4.69, 9.17) is 9.84 Å². The number of ether oxygens (including phenoxy) is 1. The molecule has 1 N–H and O–H groups in total. The molecule has 0 aromatic heterocycles. The summed E-state index contributed by atoms with van der Waals surface area (Å²) >= 11 is 0. The third-order valence-corrected chi connectivity index (χ3v) is 2.73. The minimum Gasteiger partial charge on any atom is -0.481 e. The second-order valence-electron chi connectivity index (χ2n) is 5.59. The third kappa shape index (κ3) is 4.50. The molecule has 104 valence electrons. The number of rotatable bonds is 2. The molecule has 1 fully saturated rings. The van der Waals surface area contributed by atoms with Gasteiger partial charge in [0.25, 0.3) is 0 Å². The minimum atomic E-state index is -1.17. The number of aliphatic carboxylic acids is 1. The van der Waals surface area contributed by atoms with E-state index in [1.54, 1.807) is 20.8 Å². The lowest BCUT2D eigenvalue weighted by atomic mass is 9.93.